The molecule has 0 saturated heterocycles. The van der Waals surface area contributed by atoms with Crippen molar-refractivity contribution in [3.63, 3.8) is 0 Å². The maximum atomic E-state index is 14.1. The third-order valence-corrected chi connectivity index (χ3v) is 6.86. The molecule has 200 valence electrons. The molecule has 0 aliphatic carbocycles. The first kappa shape index (κ1) is 29.8. The molecule has 37 heavy (non-hydrogen) atoms. The molecule has 0 aliphatic rings. The Balaban J connectivity index is 2.67. The summed E-state index contributed by atoms with van der Waals surface area (Å²) >= 11 is 0. The maximum Gasteiger partial charge on any atom is 0.248 e. The number of nitrogens with zero attached hydrogens (tertiary/aromatic N) is 3. The van der Waals surface area contributed by atoms with Crippen molar-refractivity contribution in [2.45, 2.75) is 92.8 Å². The molecule has 0 spiro atoms. The smallest absolute Gasteiger partial charge is 0.248 e. The van der Waals surface area contributed by atoms with Crippen LogP contribution in [0.4, 0.5) is 5.69 Å². The predicted molar refractivity (Wildman–Crippen MR) is 154 cm³/mol. The number of anilines is 1. The molecule has 0 radical (unpaired) electrons. The number of rotatable bonds is 13. The predicted octanol–water partition coefficient (Wildman–Crippen LogP) is 6.62. The molecule has 6 heteroatoms. The van der Waals surface area contributed by atoms with E-state index in [9.17, 15) is 9.59 Å². The minimum atomic E-state index is -0.851. The molecule has 2 amide bonds. The highest BCUT2D eigenvalue weighted by Crippen LogP contribution is 2.28. The van der Waals surface area contributed by atoms with Gasteiger partial charge in [0, 0.05) is 24.1 Å². The zero-order valence-electron chi connectivity index (χ0n) is 23.7. The van der Waals surface area contributed by atoms with Crippen molar-refractivity contribution in [2.24, 2.45) is 0 Å². The molecule has 0 fully saturated rings. The van der Waals surface area contributed by atoms with Crippen LogP contribution >= 0.6 is 0 Å². The number of allylic oxidation sites excluding steroid dienone is 3. The number of hydrogen-bond donors (Lipinski definition) is 1. The Morgan fingerprint density at radius 3 is 2.46 bits per heavy atom. The Morgan fingerprint density at radius 1 is 1.19 bits per heavy atom. The first-order chi connectivity index (χ1) is 17.7. The molecule has 2 aromatic rings. The van der Waals surface area contributed by atoms with E-state index in [2.05, 4.69) is 30.7 Å². The van der Waals surface area contributed by atoms with Crippen LogP contribution in [-0.2, 0) is 16.1 Å². The summed E-state index contributed by atoms with van der Waals surface area (Å²) in [4.78, 5) is 34.0. The van der Waals surface area contributed by atoms with Gasteiger partial charge in [-0.2, -0.15) is 0 Å². The van der Waals surface area contributed by atoms with Gasteiger partial charge in [-0.15, -0.1) is 0 Å². The van der Waals surface area contributed by atoms with E-state index in [1.54, 1.807) is 21.9 Å². The van der Waals surface area contributed by atoms with Crippen LogP contribution in [0.15, 0.2) is 66.5 Å². The molecule has 1 aromatic heterocycles. The Bertz CT molecular complexity index is 1140. The van der Waals surface area contributed by atoms with Gasteiger partial charge in [-0.1, -0.05) is 63.1 Å². The molecule has 2 unspecified atom stereocenters. The maximum absolute atomic E-state index is 14.1. The Labute approximate surface area is 223 Å². The van der Waals surface area contributed by atoms with E-state index >= 15 is 0 Å². The molecule has 2 rings (SSSR count). The summed E-state index contributed by atoms with van der Waals surface area (Å²) in [5.41, 5.74) is 4.25. The standard InChI is InChI=1S/C31H44N4O2/c1-9-13-16-26(11-3)33-31(37)30(28(12-4)22(5)6)35(29(36)21-34-19-18-32-24(34)8)27-17-14-15-25(20-27)23(7)10-2/h10,12,14-15,17-20,26,30H,5,9,11,13,16,21H2,1-4,6-8H3,(H,33,37). The van der Waals surface area contributed by atoms with E-state index in [-0.39, 0.29) is 24.4 Å². The molecule has 2 atom stereocenters. The molecule has 6 nitrogen and oxygen atoms in total. The van der Waals surface area contributed by atoms with E-state index < -0.39 is 6.04 Å². The van der Waals surface area contributed by atoms with Gasteiger partial charge in [0.15, 0.2) is 0 Å². The number of carbonyl (C=O) groups excluding carboxylic acids is 2. The minimum absolute atomic E-state index is 0.0441. The number of imidazole rings is 1. The second kappa shape index (κ2) is 14.4. The van der Waals surface area contributed by atoms with Gasteiger partial charge >= 0.3 is 0 Å². The van der Waals surface area contributed by atoms with E-state index in [1.165, 1.54) is 0 Å². The zero-order valence-corrected chi connectivity index (χ0v) is 23.7. The van der Waals surface area contributed by atoms with Gasteiger partial charge in [0.1, 0.15) is 18.4 Å². The fraction of sp³-hybridized carbons (Fsp3) is 0.452. The first-order valence-corrected chi connectivity index (χ1v) is 13.3. The number of benzene rings is 1. The molecule has 1 N–H and O–H groups in total. The molecule has 0 saturated carbocycles. The summed E-state index contributed by atoms with van der Waals surface area (Å²) in [7, 11) is 0. The molecular formula is C31H44N4O2. The van der Waals surface area contributed by atoms with Gasteiger partial charge < -0.3 is 9.88 Å². The van der Waals surface area contributed by atoms with Gasteiger partial charge in [0.2, 0.25) is 11.8 Å². The fourth-order valence-corrected chi connectivity index (χ4v) is 4.44. The average Bonchev–Trinajstić information content (AvgIpc) is 3.29. The molecule has 0 bridgehead atoms. The van der Waals surface area contributed by atoms with Crippen molar-refractivity contribution < 1.29 is 9.59 Å². The second-order valence-corrected chi connectivity index (χ2v) is 9.57. The SMILES string of the molecule is C=C(C)C(=CC)C(C(=O)NC(CC)CCCC)N(C(=O)Cn1ccnc1C)c1cccc(C(C)=CC)c1. The monoisotopic (exact) mass is 504 g/mol. The first-order valence-electron chi connectivity index (χ1n) is 13.3. The van der Waals surface area contributed by atoms with Crippen molar-refractivity contribution in [1.82, 2.24) is 14.9 Å². The Kier molecular flexibility index (Phi) is 11.6. The van der Waals surface area contributed by atoms with Gasteiger partial charge in [0.05, 0.1) is 0 Å². The molecule has 0 aliphatic heterocycles. The highest BCUT2D eigenvalue weighted by Gasteiger charge is 2.35. The number of aromatic nitrogens is 2. The summed E-state index contributed by atoms with van der Waals surface area (Å²) in [5.74, 6) is 0.353. The van der Waals surface area contributed by atoms with Gasteiger partial charge in [-0.25, -0.2) is 4.98 Å². The van der Waals surface area contributed by atoms with Gasteiger partial charge in [0.25, 0.3) is 0 Å². The van der Waals surface area contributed by atoms with Gasteiger partial charge in [-0.05, 0) is 76.3 Å². The highest BCUT2D eigenvalue weighted by atomic mass is 16.2. The van der Waals surface area contributed by atoms with Crippen molar-refractivity contribution in [3.05, 3.63) is 77.9 Å². The van der Waals surface area contributed by atoms with Gasteiger partial charge in [-0.3, -0.25) is 14.5 Å². The van der Waals surface area contributed by atoms with Crippen LogP contribution in [0, 0.1) is 6.92 Å². The number of unbranched alkanes of at least 4 members (excludes halogenated alkanes) is 1. The minimum Gasteiger partial charge on any atom is -0.351 e. The third-order valence-electron chi connectivity index (χ3n) is 6.86. The van der Waals surface area contributed by atoms with Crippen LogP contribution in [0.3, 0.4) is 0 Å². The highest BCUT2D eigenvalue weighted by molar-refractivity contribution is 6.03. The number of hydrogen-bond acceptors (Lipinski definition) is 3. The lowest BCUT2D eigenvalue weighted by Gasteiger charge is -2.34. The third kappa shape index (κ3) is 7.78. The van der Waals surface area contributed by atoms with E-state index in [0.717, 1.165) is 53.8 Å². The fourth-order valence-electron chi connectivity index (χ4n) is 4.44. The topological polar surface area (TPSA) is 67.2 Å². The quantitative estimate of drug-likeness (QED) is 0.312. The Morgan fingerprint density at radius 2 is 1.92 bits per heavy atom. The number of aryl methyl sites for hydroxylation is 1. The van der Waals surface area contributed by atoms with E-state index in [4.69, 9.17) is 0 Å². The van der Waals surface area contributed by atoms with Crippen LogP contribution in [-0.4, -0.2) is 33.4 Å². The van der Waals surface area contributed by atoms with Crippen molar-refractivity contribution in [3.8, 4) is 0 Å². The van der Waals surface area contributed by atoms with Crippen LogP contribution < -0.4 is 10.2 Å². The molecule has 1 aromatic carbocycles. The van der Waals surface area contributed by atoms with E-state index in [0.29, 0.717) is 5.69 Å². The zero-order chi connectivity index (χ0) is 27.5. The second-order valence-electron chi connectivity index (χ2n) is 9.57. The number of carbonyl (C=O) groups is 2. The average molecular weight is 505 g/mol. The summed E-state index contributed by atoms with van der Waals surface area (Å²) in [5, 5.41) is 3.25. The van der Waals surface area contributed by atoms with Crippen LogP contribution in [0.25, 0.3) is 5.57 Å². The summed E-state index contributed by atoms with van der Waals surface area (Å²) in [6.07, 6.45) is 11.2. The number of amides is 2. The Hall–Kier alpha value is -3.41. The normalized spacial score (nSPS) is 13.7. The van der Waals surface area contributed by atoms with Crippen molar-refractivity contribution >= 4 is 23.1 Å². The lowest BCUT2D eigenvalue weighted by Crippen LogP contribution is -2.54. The summed E-state index contributed by atoms with van der Waals surface area (Å²) in [6, 6.07) is 7.02. The molecular weight excluding hydrogens is 460 g/mol. The number of nitrogens with one attached hydrogen (secondary N) is 1. The van der Waals surface area contributed by atoms with Crippen LogP contribution in [0.1, 0.15) is 78.6 Å². The van der Waals surface area contributed by atoms with Crippen molar-refractivity contribution in [1.29, 1.82) is 0 Å². The van der Waals surface area contributed by atoms with E-state index in [1.807, 2.05) is 71.0 Å². The largest absolute Gasteiger partial charge is 0.351 e. The summed E-state index contributed by atoms with van der Waals surface area (Å²) < 4.78 is 1.80. The van der Waals surface area contributed by atoms with Crippen molar-refractivity contribution in [2.75, 3.05) is 4.90 Å². The van der Waals surface area contributed by atoms with Crippen LogP contribution in [0.5, 0.6) is 0 Å². The van der Waals surface area contributed by atoms with Crippen LogP contribution in [0.2, 0.25) is 0 Å². The summed E-state index contributed by atoms with van der Waals surface area (Å²) in [6.45, 7) is 18.1. The molecule has 1 heterocycles. The lowest BCUT2D eigenvalue weighted by atomic mass is 9.95. The lowest BCUT2D eigenvalue weighted by molar-refractivity contribution is -0.126.